The smallest absolute Gasteiger partial charge is 0.159 e. The number of aliphatic imine (C=N–C) groups is 1. The van der Waals surface area contributed by atoms with Crippen molar-refractivity contribution in [3.63, 3.8) is 0 Å². The molecule has 0 atom stereocenters. The monoisotopic (exact) mass is 303 g/mol. The van der Waals surface area contributed by atoms with Gasteiger partial charge in [-0.15, -0.1) is 0 Å². The number of fused-ring (bicyclic) bond motifs is 1. The van der Waals surface area contributed by atoms with Crippen molar-refractivity contribution in [3.8, 4) is 0 Å². The average Bonchev–Trinajstić information content (AvgIpc) is 3.00. The number of nitrogens with one attached hydrogen (secondary N) is 1. The summed E-state index contributed by atoms with van der Waals surface area (Å²) in [5.41, 5.74) is 4.35. The molecule has 0 aliphatic carbocycles. The number of allylic oxidation sites excluding steroid dienone is 1. The molecule has 1 aromatic heterocycles. The molecule has 0 radical (unpaired) electrons. The molecule has 0 saturated heterocycles. The number of hydrogen-bond acceptors (Lipinski definition) is 3. The topological polar surface area (TPSA) is 58.1 Å². The molecule has 0 fully saturated rings. The minimum Gasteiger partial charge on any atom is -0.295 e. The second-order valence-corrected chi connectivity index (χ2v) is 5.32. The Morgan fingerprint density at radius 2 is 1.96 bits per heavy atom. The van der Waals surface area contributed by atoms with Gasteiger partial charge in [0.15, 0.2) is 5.78 Å². The Morgan fingerprint density at radius 3 is 2.65 bits per heavy atom. The maximum absolute atomic E-state index is 11.3. The molecular weight excluding hydrogens is 286 g/mol. The van der Waals surface area contributed by atoms with E-state index in [-0.39, 0.29) is 5.78 Å². The summed E-state index contributed by atoms with van der Waals surface area (Å²) in [6, 6.07) is 15.5. The fraction of sp³-hybridized carbons (Fsp3) is 0.105. The predicted octanol–water partition coefficient (Wildman–Crippen LogP) is 4.05. The van der Waals surface area contributed by atoms with Crippen LogP contribution in [0, 0.1) is 0 Å². The molecule has 4 heteroatoms. The van der Waals surface area contributed by atoms with Crippen molar-refractivity contribution in [2.75, 3.05) is 0 Å². The van der Waals surface area contributed by atoms with Crippen LogP contribution in [0.2, 0.25) is 0 Å². The van der Waals surface area contributed by atoms with Gasteiger partial charge in [-0.05, 0) is 31.7 Å². The van der Waals surface area contributed by atoms with Gasteiger partial charge in [-0.25, -0.2) is 0 Å². The zero-order valence-corrected chi connectivity index (χ0v) is 12.9. The number of benzene rings is 2. The summed E-state index contributed by atoms with van der Waals surface area (Å²) >= 11 is 0. The molecule has 3 rings (SSSR count). The SMILES string of the molecule is C=N/C(=C\Cc1ccc(C(C)=O)cc1)c1n[nH]c2ccccc12. The number of H-pyrrole nitrogens is 1. The summed E-state index contributed by atoms with van der Waals surface area (Å²) in [6.07, 6.45) is 2.70. The minimum atomic E-state index is 0.0727. The fourth-order valence-corrected chi connectivity index (χ4v) is 2.48. The number of aromatic amines is 1. The van der Waals surface area contributed by atoms with E-state index in [4.69, 9.17) is 0 Å². The van der Waals surface area contributed by atoms with Gasteiger partial charge in [-0.1, -0.05) is 48.5 Å². The summed E-state index contributed by atoms with van der Waals surface area (Å²) < 4.78 is 0. The standard InChI is InChI=1S/C19H17N3O/c1-13(23)15-10-7-14(8-11-15)9-12-18(20-2)19-16-5-3-4-6-17(16)21-22-19/h3-8,10-12H,2,9H2,1H3,(H,21,22)/b18-12-. The zero-order valence-electron chi connectivity index (χ0n) is 12.9. The van der Waals surface area contributed by atoms with Crippen LogP contribution in [-0.2, 0) is 6.42 Å². The molecule has 0 bridgehead atoms. The van der Waals surface area contributed by atoms with Crippen LogP contribution in [0.5, 0.6) is 0 Å². The van der Waals surface area contributed by atoms with Crippen molar-refractivity contribution in [2.45, 2.75) is 13.3 Å². The number of carbonyl (C=O) groups excluding carboxylic acids is 1. The van der Waals surface area contributed by atoms with Crippen molar-refractivity contribution < 1.29 is 4.79 Å². The number of ketones is 1. The molecular formula is C19H17N3O. The van der Waals surface area contributed by atoms with E-state index >= 15 is 0 Å². The van der Waals surface area contributed by atoms with Crippen molar-refractivity contribution in [2.24, 2.45) is 4.99 Å². The second-order valence-electron chi connectivity index (χ2n) is 5.32. The molecule has 0 unspecified atom stereocenters. The van der Waals surface area contributed by atoms with Crippen LogP contribution in [0.1, 0.15) is 28.5 Å². The lowest BCUT2D eigenvalue weighted by Crippen LogP contribution is -1.92. The summed E-state index contributed by atoms with van der Waals surface area (Å²) in [6.45, 7) is 5.22. The Kier molecular flexibility index (Phi) is 4.15. The molecule has 1 heterocycles. The van der Waals surface area contributed by atoms with E-state index < -0.39 is 0 Å². The quantitative estimate of drug-likeness (QED) is 0.571. The molecule has 3 aromatic rings. The molecule has 0 amide bonds. The highest BCUT2D eigenvalue weighted by molar-refractivity contribution is 5.94. The predicted molar refractivity (Wildman–Crippen MR) is 93.8 cm³/mol. The lowest BCUT2D eigenvalue weighted by molar-refractivity contribution is 0.101. The molecule has 23 heavy (non-hydrogen) atoms. The number of nitrogens with zero attached hydrogens (tertiary/aromatic N) is 2. The van der Waals surface area contributed by atoms with E-state index in [9.17, 15) is 4.79 Å². The lowest BCUT2D eigenvalue weighted by Gasteiger charge is -2.01. The van der Waals surface area contributed by atoms with Crippen LogP contribution in [0.25, 0.3) is 16.6 Å². The Hall–Kier alpha value is -3.01. The summed E-state index contributed by atoms with van der Waals surface area (Å²) in [5, 5.41) is 8.38. The average molecular weight is 303 g/mol. The second kappa shape index (κ2) is 6.40. The Bertz CT molecular complexity index is 888. The van der Waals surface area contributed by atoms with Gasteiger partial charge < -0.3 is 0 Å². The Balaban J connectivity index is 1.87. The van der Waals surface area contributed by atoms with Gasteiger partial charge in [0.1, 0.15) is 5.69 Å². The summed E-state index contributed by atoms with van der Waals surface area (Å²) in [5.74, 6) is 0.0727. The lowest BCUT2D eigenvalue weighted by atomic mass is 10.1. The van der Waals surface area contributed by atoms with Crippen molar-refractivity contribution in [1.82, 2.24) is 10.2 Å². The first-order valence-corrected chi connectivity index (χ1v) is 7.39. The highest BCUT2D eigenvalue weighted by atomic mass is 16.1. The van der Waals surface area contributed by atoms with Crippen molar-refractivity contribution in [1.29, 1.82) is 0 Å². The number of hydrogen-bond donors (Lipinski definition) is 1. The van der Waals surface area contributed by atoms with E-state index in [0.717, 1.165) is 33.4 Å². The normalized spacial score (nSPS) is 11.6. The molecule has 0 aliphatic rings. The van der Waals surface area contributed by atoms with Crippen LogP contribution in [0.3, 0.4) is 0 Å². The van der Waals surface area contributed by atoms with Gasteiger partial charge in [-0.3, -0.25) is 14.9 Å². The van der Waals surface area contributed by atoms with E-state index in [1.807, 2.05) is 54.6 Å². The summed E-state index contributed by atoms with van der Waals surface area (Å²) in [4.78, 5) is 15.4. The third-order valence-corrected chi connectivity index (χ3v) is 3.77. The highest BCUT2D eigenvalue weighted by Crippen LogP contribution is 2.23. The van der Waals surface area contributed by atoms with Gasteiger partial charge in [0.05, 0.1) is 11.2 Å². The molecule has 1 N–H and O–H groups in total. The Labute approximate surface area is 134 Å². The molecule has 114 valence electrons. The third-order valence-electron chi connectivity index (χ3n) is 3.77. The van der Waals surface area contributed by atoms with Gasteiger partial charge in [0.25, 0.3) is 0 Å². The molecule has 0 saturated carbocycles. The highest BCUT2D eigenvalue weighted by Gasteiger charge is 2.08. The maximum atomic E-state index is 11.3. The number of aromatic nitrogens is 2. The van der Waals surface area contributed by atoms with Crippen LogP contribution in [0.4, 0.5) is 0 Å². The number of carbonyl (C=O) groups is 1. The van der Waals surface area contributed by atoms with E-state index in [1.165, 1.54) is 0 Å². The first kappa shape index (κ1) is 14.9. The fourth-order valence-electron chi connectivity index (χ4n) is 2.48. The van der Waals surface area contributed by atoms with E-state index in [1.54, 1.807) is 6.92 Å². The largest absolute Gasteiger partial charge is 0.295 e. The molecule has 0 aliphatic heterocycles. The molecule has 2 aromatic carbocycles. The van der Waals surface area contributed by atoms with Crippen LogP contribution >= 0.6 is 0 Å². The van der Waals surface area contributed by atoms with Crippen LogP contribution in [-0.4, -0.2) is 22.7 Å². The van der Waals surface area contributed by atoms with Gasteiger partial charge >= 0.3 is 0 Å². The summed E-state index contributed by atoms with van der Waals surface area (Å²) in [7, 11) is 0. The van der Waals surface area contributed by atoms with E-state index in [0.29, 0.717) is 6.42 Å². The van der Waals surface area contributed by atoms with Crippen LogP contribution < -0.4 is 0 Å². The zero-order chi connectivity index (χ0) is 16.2. The number of rotatable bonds is 5. The van der Waals surface area contributed by atoms with Crippen LogP contribution in [0.15, 0.2) is 59.6 Å². The minimum absolute atomic E-state index is 0.0727. The number of para-hydroxylation sites is 1. The number of Topliss-reactive ketones (excluding diaryl/α,β-unsaturated/α-hetero) is 1. The van der Waals surface area contributed by atoms with Gasteiger partial charge in [0, 0.05) is 10.9 Å². The van der Waals surface area contributed by atoms with Gasteiger partial charge in [-0.2, -0.15) is 5.10 Å². The van der Waals surface area contributed by atoms with Gasteiger partial charge in [0.2, 0.25) is 0 Å². The Morgan fingerprint density at radius 1 is 1.22 bits per heavy atom. The van der Waals surface area contributed by atoms with Crippen molar-refractivity contribution in [3.05, 3.63) is 71.4 Å². The maximum Gasteiger partial charge on any atom is 0.159 e. The van der Waals surface area contributed by atoms with Crippen molar-refractivity contribution >= 4 is 29.1 Å². The molecule has 4 nitrogen and oxygen atoms in total. The first-order chi connectivity index (χ1) is 11.2. The van der Waals surface area contributed by atoms with E-state index in [2.05, 4.69) is 21.9 Å². The third kappa shape index (κ3) is 3.11. The first-order valence-electron chi connectivity index (χ1n) is 7.39. The molecule has 0 spiro atoms.